The van der Waals surface area contributed by atoms with Crippen molar-refractivity contribution in [2.75, 3.05) is 0 Å². The molecule has 2 N–H and O–H groups in total. The highest BCUT2D eigenvalue weighted by atomic mass is 32.8. The highest BCUT2D eigenvalue weighted by Gasteiger charge is 2.19. The molecular formula is C13H12N2O3S2. The van der Waals surface area contributed by atoms with Crippen LogP contribution in [-0.4, -0.2) is 11.9 Å². The van der Waals surface area contributed by atoms with Crippen molar-refractivity contribution in [2.24, 2.45) is 0 Å². The lowest BCUT2D eigenvalue weighted by molar-refractivity contribution is -0.130. The Morgan fingerprint density at radius 1 is 1.35 bits per heavy atom. The minimum atomic E-state index is -0.738. The monoisotopic (exact) mass is 308 g/mol. The molecule has 2 rings (SSSR count). The van der Waals surface area contributed by atoms with Crippen LogP contribution in [0.5, 0.6) is 5.75 Å². The molecule has 1 atom stereocenters. The first-order valence-electron chi connectivity index (χ1n) is 5.64. The van der Waals surface area contributed by atoms with Gasteiger partial charge in [-0.05, 0) is 41.9 Å². The summed E-state index contributed by atoms with van der Waals surface area (Å²) in [6.07, 6.45) is 1.68. The molecule has 1 saturated heterocycles. The maximum absolute atomic E-state index is 11.5. The molecule has 5 nitrogen and oxygen atoms in total. The molecule has 104 valence electrons. The average molecular weight is 308 g/mol. The molecule has 1 aliphatic heterocycles. The first-order valence-corrected chi connectivity index (χ1v) is 7.79. The Morgan fingerprint density at radius 2 is 2.00 bits per heavy atom. The van der Waals surface area contributed by atoms with E-state index in [1.54, 1.807) is 37.3 Å². The number of hydrogen-bond donors (Lipinski definition) is 2. The first kappa shape index (κ1) is 14.4. The molecule has 7 heteroatoms. The molecule has 1 amide bonds. The second-order valence-electron chi connectivity index (χ2n) is 4.10. The van der Waals surface area contributed by atoms with Gasteiger partial charge in [0, 0.05) is 5.57 Å². The van der Waals surface area contributed by atoms with Crippen LogP contribution in [0.1, 0.15) is 12.5 Å². The Labute approximate surface area is 123 Å². The number of esters is 1. The summed E-state index contributed by atoms with van der Waals surface area (Å²) in [5.41, 5.74) is 1.56. The third-order valence-electron chi connectivity index (χ3n) is 2.38. The molecule has 0 radical (unpaired) electrons. The van der Waals surface area contributed by atoms with Crippen molar-refractivity contribution in [3.05, 3.63) is 47.7 Å². The van der Waals surface area contributed by atoms with E-state index < -0.39 is 15.8 Å². The molecule has 1 fully saturated rings. The van der Waals surface area contributed by atoms with Crippen molar-refractivity contribution in [3.63, 3.8) is 0 Å². The molecular weight excluding hydrogens is 296 g/mol. The summed E-state index contributed by atoms with van der Waals surface area (Å²) in [6.45, 7) is 5.09. The lowest BCUT2D eigenvalue weighted by Gasteiger charge is -2.04. The van der Waals surface area contributed by atoms with Crippen LogP contribution < -0.4 is 14.2 Å². The Kier molecular flexibility index (Phi) is 4.31. The molecule has 1 heterocycles. The molecule has 1 aromatic carbocycles. The summed E-state index contributed by atoms with van der Waals surface area (Å²) >= 11 is 4.94. The Morgan fingerprint density at radius 3 is 2.50 bits per heavy atom. The number of nitrogens with one attached hydrogen (secondary N) is 2. The van der Waals surface area contributed by atoms with Crippen LogP contribution in [0.2, 0.25) is 0 Å². The SMILES string of the molecule is C=C(C)C(=O)Oc1ccc(/C=C2/NS(=S)NC2=O)cc1. The Hall–Kier alpha value is -1.99. The predicted molar refractivity (Wildman–Crippen MR) is 80.9 cm³/mol. The molecule has 0 saturated carbocycles. The largest absolute Gasteiger partial charge is 0.423 e. The van der Waals surface area contributed by atoms with Gasteiger partial charge in [0.05, 0.1) is 9.83 Å². The number of rotatable bonds is 3. The zero-order chi connectivity index (χ0) is 14.7. The van der Waals surface area contributed by atoms with Crippen LogP contribution in [-0.2, 0) is 30.6 Å². The van der Waals surface area contributed by atoms with Gasteiger partial charge in [-0.25, -0.2) is 4.79 Å². The lowest BCUT2D eigenvalue weighted by Crippen LogP contribution is -2.15. The average Bonchev–Trinajstić information content (AvgIpc) is 2.70. The summed E-state index contributed by atoms with van der Waals surface area (Å²) in [7, 11) is -0.738. The van der Waals surface area contributed by atoms with E-state index in [0.717, 1.165) is 5.56 Å². The number of ether oxygens (including phenoxy) is 1. The van der Waals surface area contributed by atoms with Gasteiger partial charge in [-0.3, -0.25) is 9.52 Å². The van der Waals surface area contributed by atoms with Crippen LogP contribution in [0, 0.1) is 0 Å². The molecule has 0 aromatic heterocycles. The van der Waals surface area contributed by atoms with E-state index in [1.807, 2.05) is 0 Å². The van der Waals surface area contributed by atoms with Gasteiger partial charge in [-0.2, -0.15) is 0 Å². The van der Waals surface area contributed by atoms with Crippen LogP contribution in [0.15, 0.2) is 42.1 Å². The topological polar surface area (TPSA) is 67.4 Å². The molecule has 0 aliphatic carbocycles. The normalized spacial score (nSPS) is 19.4. The van der Waals surface area contributed by atoms with E-state index >= 15 is 0 Å². The van der Waals surface area contributed by atoms with Crippen molar-refractivity contribution >= 4 is 39.0 Å². The zero-order valence-electron chi connectivity index (χ0n) is 10.6. The lowest BCUT2D eigenvalue weighted by atomic mass is 10.2. The molecule has 1 unspecified atom stereocenters. The van der Waals surface area contributed by atoms with E-state index in [9.17, 15) is 9.59 Å². The van der Waals surface area contributed by atoms with Crippen molar-refractivity contribution in [3.8, 4) is 5.75 Å². The van der Waals surface area contributed by atoms with Gasteiger partial charge in [0.15, 0.2) is 0 Å². The number of benzene rings is 1. The quantitative estimate of drug-likeness (QED) is 0.498. The van der Waals surface area contributed by atoms with E-state index in [1.165, 1.54) is 0 Å². The van der Waals surface area contributed by atoms with Crippen molar-refractivity contribution < 1.29 is 14.3 Å². The van der Waals surface area contributed by atoms with Crippen LogP contribution in [0.25, 0.3) is 6.08 Å². The van der Waals surface area contributed by atoms with E-state index in [2.05, 4.69) is 16.0 Å². The van der Waals surface area contributed by atoms with E-state index in [0.29, 0.717) is 17.0 Å². The van der Waals surface area contributed by atoms with E-state index in [-0.39, 0.29) is 5.91 Å². The fraction of sp³-hybridized carbons (Fsp3) is 0.0769. The van der Waals surface area contributed by atoms with Gasteiger partial charge in [0.25, 0.3) is 5.91 Å². The fourth-order valence-electron chi connectivity index (χ4n) is 1.40. The van der Waals surface area contributed by atoms with Gasteiger partial charge in [0.2, 0.25) is 0 Å². The highest BCUT2D eigenvalue weighted by Crippen LogP contribution is 2.16. The summed E-state index contributed by atoms with van der Waals surface area (Å²) in [5.74, 6) is -0.267. The zero-order valence-corrected chi connectivity index (χ0v) is 12.3. The number of carbonyl (C=O) groups excluding carboxylic acids is 2. The molecule has 20 heavy (non-hydrogen) atoms. The smallest absolute Gasteiger partial charge is 0.338 e. The van der Waals surface area contributed by atoms with Gasteiger partial charge in [0.1, 0.15) is 11.4 Å². The standard InChI is InChI=1S/C13H12N2O3S2/c1-8(2)13(17)18-10-5-3-9(4-6-10)7-11-12(16)15-20(19)14-11/h3-7,14H,1H2,2H3,(H,15,16)/b11-7+. The second kappa shape index (κ2) is 5.98. The van der Waals surface area contributed by atoms with Crippen LogP contribution in [0.4, 0.5) is 0 Å². The fourth-order valence-corrected chi connectivity index (χ4v) is 2.58. The van der Waals surface area contributed by atoms with Crippen LogP contribution >= 0.6 is 0 Å². The number of carbonyl (C=O) groups is 2. The second-order valence-corrected chi connectivity index (χ2v) is 6.04. The molecule has 0 spiro atoms. The number of amides is 1. The third kappa shape index (κ3) is 3.52. The van der Waals surface area contributed by atoms with Crippen LogP contribution in [0.3, 0.4) is 0 Å². The maximum Gasteiger partial charge on any atom is 0.338 e. The van der Waals surface area contributed by atoms with Crippen molar-refractivity contribution in [2.45, 2.75) is 6.92 Å². The van der Waals surface area contributed by atoms with Gasteiger partial charge >= 0.3 is 5.97 Å². The molecule has 1 aromatic rings. The summed E-state index contributed by atoms with van der Waals surface area (Å²) < 4.78 is 10.5. The van der Waals surface area contributed by atoms with E-state index in [4.69, 9.17) is 15.9 Å². The van der Waals surface area contributed by atoms with Gasteiger partial charge in [-0.15, -0.1) is 0 Å². The van der Waals surface area contributed by atoms with Crippen molar-refractivity contribution in [1.29, 1.82) is 0 Å². The Bertz CT molecular complexity index is 636. The number of hydrogen-bond acceptors (Lipinski definition) is 4. The predicted octanol–water partition coefficient (Wildman–Crippen LogP) is 1.14. The Balaban J connectivity index is 2.11. The third-order valence-corrected chi connectivity index (χ3v) is 3.66. The maximum atomic E-state index is 11.5. The van der Waals surface area contributed by atoms with Crippen molar-refractivity contribution in [1.82, 2.24) is 9.44 Å². The summed E-state index contributed by atoms with van der Waals surface area (Å²) in [4.78, 5) is 22.8. The van der Waals surface area contributed by atoms with Gasteiger partial charge < -0.3 is 9.46 Å². The summed E-state index contributed by atoms with van der Waals surface area (Å²) in [5, 5.41) is 0. The first-order chi connectivity index (χ1) is 9.45. The highest BCUT2D eigenvalue weighted by molar-refractivity contribution is 8.27. The minimum absolute atomic E-state index is 0.221. The minimum Gasteiger partial charge on any atom is -0.423 e. The molecule has 1 aliphatic rings. The van der Waals surface area contributed by atoms with Gasteiger partial charge in [-0.1, -0.05) is 18.7 Å². The summed E-state index contributed by atoms with van der Waals surface area (Å²) in [6, 6.07) is 6.77. The molecule has 0 bridgehead atoms.